The number of ether oxygens (including phenoxy) is 2. The zero-order chi connectivity index (χ0) is 13.9. The summed E-state index contributed by atoms with van der Waals surface area (Å²) in [7, 11) is 1.60. The lowest BCUT2D eigenvalue weighted by molar-refractivity contribution is 0.259. The summed E-state index contributed by atoms with van der Waals surface area (Å²) in [6.07, 6.45) is 0. The minimum atomic E-state index is 0.204. The molecule has 0 saturated carbocycles. The Morgan fingerprint density at radius 3 is 2.60 bits per heavy atom. The van der Waals surface area contributed by atoms with Crippen molar-refractivity contribution in [1.29, 1.82) is 0 Å². The van der Waals surface area contributed by atoms with Gasteiger partial charge in [0.25, 0.3) is 0 Å². The summed E-state index contributed by atoms with van der Waals surface area (Å²) in [5.41, 5.74) is 0.642. The lowest BCUT2D eigenvalue weighted by Gasteiger charge is -2.08. The van der Waals surface area contributed by atoms with Gasteiger partial charge in [-0.05, 0) is 30.3 Å². The van der Waals surface area contributed by atoms with Crippen molar-refractivity contribution in [3.8, 4) is 17.2 Å². The summed E-state index contributed by atoms with van der Waals surface area (Å²) in [4.78, 5) is 0. The third kappa shape index (κ3) is 2.28. The van der Waals surface area contributed by atoms with E-state index in [0.29, 0.717) is 28.2 Å². The average Bonchev–Trinajstić information content (AvgIpc) is 2.90. The molecule has 0 aliphatic carbocycles. The Bertz CT molecular complexity index is 730. The van der Waals surface area contributed by atoms with E-state index >= 15 is 0 Å². The first-order valence-corrected chi connectivity index (χ1v) is 6.24. The van der Waals surface area contributed by atoms with Crippen LogP contribution in [-0.4, -0.2) is 12.2 Å². The van der Waals surface area contributed by atoms with E-state index in [-0.39, 0.29) is 12.4 Å². The fourth-order valence-electron chi connectivity index (χ4n) is 2.06. The highest BCUT2D eigenvalue weighted by molar-refractivity contribution is 5.84. The first kappa shape index (κ1) is 12.4. The van der Waals surface area contributed by atoms with Gasteiger partial charge < -0.3 is 19.0 Å². The maximum atomic E-state index is 9.73. The third-order valence-corrected chi connectivity index (χ3v) is 3.03. The minimum absolute atomic E-state index is 0.204. The Balaban J connectivity index is 1.82. The molecule has 0 fully saturated rings. The molecule has 4 nitrogen and oxygen atoms in total. The molecular formula is C16H14O4. The summed E-state index contributed by atoms with van der Waals surface area (Å²) in [6, 6.07) is 14.4. The summed E-state index contributed by atoms with van der Waals surface area (Å²) in [5, 5.41) is 10.4. The van der Waals surface area contributed by atoms with Crippen LogP contribution < -0.4 is 9.47 Å². The smallest absolute Gasteiger partial charge is 0.161 e. The number of aromatic hydroxyl groups is 1. The molecule has 0 bridgehead atoms. The molecule has 0 spiro atoms. The molecule has 4 heteroatoms. The van der Waals surface area contributed by atoms with Gasteiger partial charge >= 0.3 is 0 Å². The lowest BCUT2D eigenvalue weighted by Crippen LogP contribution is -1.96. The predicted octanol–water partition coefficient (Wildman–Crippen LogP) is 3.73. The number of hydrogen-bond acceptors (Lipinski definition) is 4. The van der Waals surface area contributed by atoms with Crippen LogP contribution in [0.25, 0.3) is 11.0 Å². The summed E-state index contributed by atoms with van der Waals surface area (Å²) in [5.74, 6) is 2.17. The van der Waals surface area contributed by atoms with Gasteiger partial charge in [0.15, 0.2) is 11.5 Å². The van der Waals surface area contributed by atoms with Crippen LogP contribution in [0.2, 0.25) is 0 Å². The van der Waals surface area contributed by atoms with Crippen LogP contribution in [0.5, 0.6) is 17.2 Å². The van der Waals surface area contributed by atoms with Crippen LogP contribution in [0.1, 0.15) is 5.76 Å². The minimum Gasteiger partial charge on any atom is -0.507 e. The zero-order valence-electron chi connectivity index (χ0n) is 11.0. The molecule has 0 aliphatic rings. The number of fused-ring (bicyclic) bond motifs is 1. The van der Waals surface area contributed by atoms with Gasteiger partial charge in [-0.15, -0.1) is 0 Å². The Morgan fingerprint density at radius 2 is 1.85 bits per heavy atom. The third-order valence-electron chi connectivity index (χ3n) is 3.03. The maximum absolute atomic E-state index is 9.73. The lowest BCUT2D eigenvalue weighted by atomic mass is 10.2. The van der Waals surface area contributed by atoms with E-state index in [1.165, 1.54) is 0 Å². The number of rotatable bonds is 4. The van der Waals surface area contributed by atoms with E-state index in [9.17, 15) is 5.11 Å². The van der Waals surface area contributed by atoms with Gasteiger partial charge in [-0.3, -0.25) is 0 Å². The van der Waals surface area contributed by atoms with Crippen molar-refractivity contribution in [1.82, 2.24) is 0 Å². The van der Waals surface area contributed by atoms with Crippen molar-refractivity contribution in [2.45, 2.75) is 6.61 Å². The number of para-hydroxylation sites is 2. The number of phenolic OH excluding ortho intramolecular Hbond substituents is 1. The molecule has 0 amide bonds. The van der Waals surface area contributed by atoms with Crippen LogP contribution in [-0.2, 0) is 6.61 Å². The number of furan rings is 1. The summed E-state index contributed by atoms with van der Waals surface area (Å²) in [6.45, 7) is 0.272. The van der Waals surface area contributed by atoms with E-state index in [2.05, 4.69) is 0 Å². The Labute approximate surface area is 116 Å². The van der Waals surface area contributed by atoms with Gasteiger partial charge in [-0.1, -0.05) is 18.2 Å². The molecular weight excluding hydrogens is 256 g/mol. The second kappa shape index (κ2) is 5.17. The fourth-order valence-corrected chi connectivity index (χ4v) is 2.06. The second-order valence-electron chi connectivity index (χ2n) is 4.34. The largest absolute Gasteiger partial charge is 0.507 e. The molecule has 0 radical (unpaired) electrons. The molecule has 3 aromatic rings. The number of benzene rings is 2. The molecule has 20 heavy (non-hydrogen) atoms. The zero-order valence-corrected chi connectivity index (χ0v) is 11.0. The number of methoxy groups -OCH3 is 1. The van der Waals surface area contributed by atoms with Crippen molar-refractivity contribution in [3.05, 3.63) is 54.3 Å². The van der Waals surface area contributed by atoms with Crippen LogP contribution in [0.3, 0.4) is 0 Å². The van der Waals surface area contributed by atoms with Crippen molar-refractivity contribution in [3.63, 3.8) is 0 Å². The van der Waals surface area contributed by atoms with Gasteiger partial charge in [0.05, 0.1) is 12.5 Å². The number of hydrogen-bond donors (Lipinski definition) is 1. The van der Waals surface area contributed by atoms with Crippen molar-refractivity contribution in [2.75, 3.05) is 7.11 Å². The SMILES string of the molecule is COc1ccccc1OCc1cc2c(O)cccc2o1. The highest BCUT2D eigenvalue weighted by atomic mass is 16.5. The van der Waals surface area contributed by atoms with Crippen molar-refractivity contribution < 1.29 is 19.0 Å². The highest BCUT2D eigenvalue weighted by Gasteiger charge is 2.09. The van der Waals surface area contributed by atoms with E-state index in [1.807, 2.05) is 30.3 Å². The van der Waals surface area contributed by atoms with Gasteiger partial charge in [0.2, 0.25) is 0 Å². The van der Waals surface area contributed by atoms with E-state index in [4.69, 9.17) is 13.9 Å². The molecule has 102 valence electrons. The Hall–Kier alpha value is -2.62. The van der Waals surface area contributed by atoms with Crippen LogP contribution in [0, 0.1) is 0 Å². The van der Waals surface area contributed by atoms with Gasteiger partial charge in [-0.25, -0.2) is 0 Å². The highest BCUT2D eigenvalue weighted by Crippen LogP contribution is 2.30. The molecule has 2 aromatic carbocycles. The van der Waals surface area contributed by atoms with Crippen molar-refractivity contribution in [2.24, 2.45) is 0 Å². The van der Waals surface area contributed by atoms with Gasteiger partial charge in [0.1, 0.15) is 23.7 Å². The van der Waals surface area contributed by atoms with E-state index < -0.39 is 0 Å². The summed E-state index contributed by atoms with van der Waals surface area (Å²) < 4.78 is 16.5. The fraction of sp³-hybridized carbons (Fsp3) is 0.125. The van der Waals surface area contributed by atoms with Crippen LogP contribution in [0.4, 0.5) is 0 Å². The average molecular weight is 270 g/mol. The molecule has 3 rings (SSSR count). The van der Waals surface area contributed by atoms with Gasteiger partial charge in [0, 0.05) is 0 Å². The topological polar surface area (TPSA) is 51.8 Å². The molecule has 1 heterocycles. The first-order valence-electron chi connectivity index (χ1n) is 6.24. The van der Waals surface area contributed by atoms with E-state index in [1.54, 1.807) is 25.3 Å². The first-order chi connectivity index (χ1) is 9.78. The molecule has 0 unspecified atom stereocenters. The molecule has 0 aliphatic heterocycles. The monoisotopic (exact) mass is 270 g/mol. The molecule has 0 atom stereocenters. The van der Waals surface area contributed by atoms with Crippen LogP contribution >= 0.6 is 0 Å². The molecule has 0 saturated heterocycles. The quantitative estimate of drug-likeness (QED) is 0.785. The normalized spacial score (nSPS) is 10.7. The standard InChI is InChI=1S/C16H14O4/c1-18-15-6-2-3-7-16(15)19-10-11-9-12-13(17)5-4-8-14(12)20-11/h2-9,17H,10H2,1H3. The predicted molar refractivity (Wildman–Crippen MR) is 75.2 cm³/mol. The van der Waals surface area contributed by atoms with Crippen LogP contribution in [0.15, 0.2) is 52.9 Å². The second-order valence-corrected chi connectivity index (χ2v) is 4.34. The van der Waals surface area contributed by atoms with E-state index in [0.717, 1.165) is 0 Å². The molecule has 1 N–H and O–H groups in total. The maximum Gasteiger partial charge on any atom is 0.161 e. The Morgan fingerprint density at radius 1 is 1.05 bits per heavy atom. The van der Waals surface area contributed by atoms with Gasteiger partial charge in [-0.2, -0.15) is 0 Å². The Kier molecular flexibility index (Phi) is 3.21. The summed E-state index contributed by atoms with van der Waals surface area (Å²) >= 11 is 0. The number of phenols is 1. The van der Waals surface area contributed by atoms with Crippen molar-refractivity contribution >= 4 is 11.0 Å². The molecule has 1 aromatic heterocycles.